The van der Waals surface area contributed by atoms with Gasteiger partial charge in [0.25, 0.3) is 0 Å². The van der Waals surface area contributed by atoms with Crippen LogP contribution in [0, 0.1) is 5.92 Å². The van der Waals surface area contributed by atoms with Crippen molar-refractivity contribution in [2.24, 2.45) is 5.92 Å². The maximum absolute atomic E-state index is 11.1. The Morgan fingerprint density at radius 2 is 2.20 bits per heavy atom. The van der Waals surface area contributed by atoms with Crippen molar-refractivity contribution in [3.63, 3.8) is 0 Å². The van der Waals surface area contributed by atoms with Crippen LogP contribution in [0.1, 0.15) is 33.1 Å². The van der Waals surface area contributed by atoms with E-state index in [2.05, 4.69) is 0 Å². The summed E-state index contributed by atoms with van der Waals surface area (Å²) in [5.41, 5.74) is 0. The first-order chi connectivity index (χ1) is 4.76. The number of ketones is 1. The van der Waals surface area contributed by atoms with Crippen molar-refractivity contribution in [2.45, 2.75) is 33.1 Å². The maximum Gasteiger partial charge on any atom is 0.140 e. The van der Waals surface area contributed by atoms with Crippen molar-refractivity contribution in [2.75, 3.05) is 0 Å². The molecule has 0 aromatic carbocycles. The quantitative estimate of drug-likeness (QED) is 0.571. The van der Waals surface area contributed by atoms with Crippen LogP contribution in [0.25, 0.3) is 0 Å². The molecule has 1 unspecified atom stereocenters. The van der Waals surface area contributed by atoms with Gasteiger partial charge in [-0.2, -0.15) is 0 Å². The van der Waals surface area contributed by atoms with Gasteiger partial charge in [0.1, 0.15) is 5.78 Å². The van der Waals surface area contributed by atoms with Crippen molar-refractivity contribution in [1.82, 2.24) is 0 Å². The highest BCUT2D eigenvalue weighted by molar-refractivity contribution is 7.79. The maximum atomic E-state index is 11.1. The summed E-state index contributed by atoms with van der Waals surface area (Å²) in [6.45, 7) is 4.00. The highest BCUT2D eigenvalue weighted by Gasteiger charge is 2.10. The molecule has 2 heteroatoms. The Labute approximate surface area is 67.8 Å². The van der Waals surface area contributed by atoms with Crippen molar-refractivity contribution in [1.29, 1.82) is 0 Å². The Hall–Kier alpha value is -0.240. The minimum absolute atomic E-state index is 0.0231. The van der Waals surface area contributed by atoms with E-state index in [1.807, 2.05) is 13.8 Å². The number of carbonyl (C=O) groups excluding carboxylic acids is 1. The van der Waals surface area contributed by atoms with E-state index in [1.54, 1.807) is 5.37 Å². The van der Waals surface area contributed by atoms with Crippen LogP contribution in [0.4, 0.5) is 0 Å². The summed E-state index contributed by atoms with van der Waals surface area (Å²) >= 11 is 4.72. The zero-order chi connectivity index (χ0) is 7.98. The third-order valence-corrected chi connectivity index (χ3v) is 1.84. The van der Waals surface area contributed by atoms with Gasteiger partial charge < -0.3 is 0 Å². The molecular formula is C8H14OS. The summed E-state index contributed by atoms with van der Waals surface area (Å²) in [6, 6.07) is 0. The first kappa shape index (κ1) is 9.76. The largest absolute Gasteiger partial charge is 0.299 e. The fourth-order valence-electron chi connectivity index (χ4n) is 0.832. The number of hydrogen-bond acceptors (Lipinski definition) is 2. The normalized spacial score (nSPS) is 12.6. The van der Waals surface area contributed by atoms with Gasteiger partial charge in [0, 0.05) is 12.3 Å². The molecule has 1 nitrogen and oxygen atoms in total. The second-order valence-electron chi connectivity index (χ2n) is 2.37. The van der Waals surface area contributed by atoms with Crippen molar-refractivity contribution >= 4 is 23.4 Å². The second kappa shape index (κ2) is 5.54. The molecule has 0 amide bonds. The SMILES string of the molecule is CCCC(=O)C(C=S)CC. The molecule has 0 saturated heterocycles. The Morgan fingerprint density at radius 3 is 2.50 bits per heavy atom. The summed E-state index contributed by atoms with van der Waals surface area (Å²) in [6.07, 6.45) is 2.45. The molecular weight excluding hydrogens is 144 g/mol. The standard InChI is InChI=1S/C8H14OS/c1-3-5-8(9)7(4-2)6-10/h6-7H,3-5H2,1-2H3. The number of carbonyl (C=O) groups is 1. The van der Waals surface area contributed by atoms with E-state index in [-0.39, 0.29) is 5.92 Å². The molecule has 1 atom stereocenters. The molecule has 0 heterocycles. The molecule has 0 saturated carbocycles. The summed E-state index contributed by atoms with van der Waals surface area (Å²) < 4.78 is 0. The van der Waals surface area contributed by atoms with E-state index in [0.717, 1.165) is 12.8 Å². The molecule has 58 valence electrons. The molecule has 0 aliphatic heterocycles. The van der Waals surface area contributed by atoms with Crippen LogP contribution in [-0.2, 0) is 4.79 Å². The molecule has 0 radical (unpaired) electrons. The molecule has 0 aromatic rings. The van der Waals surface area contributed by atoms with E-state index < -0.39 is 0 Å². The summed E-state index contributed by atoms with van der Waals surface area (Å²) in [5, 5.41) is 1.58. The lowest BCUT2D eigenvalue weighted by Gasteiger charge is -2.04. The Kier molecular flexibility index (Phi) is 5.40. The molecule has 0 aliphatic rings. The minimum atomic E-state index is 0.0231. The van der Waals surface area contributed by atoms with Gasteiger partial charge in [-0.05, 0) is 18.2 Å². The molecule has 10 heavy (non-hydrogen) atoms. The Bertz CT molecular complexity index is 120. The van der Waals surface area contributed by atoms with Crippen LogP contribution in [0.2, 0.25) is 0 Å². The second-order valence-corrected chi connectivity index (χ2v) is 2.64. The van der Waals surface area contributed by atoms with Crippen LogP contribution in [0.3, 0.4) is 0 Å². The predicted octanol–water partition coefficient (Wildman–Crippen LogP) is 2.38. The van der Waals surface area contributed by atoms with Crippen molar-refractivity contribution in [3.05, 3.63) is 0 Å². The van der Waals surface area contributed by atoms with E-state index in [1.165, 1.54) is 0 Å². The Morgan fingerprint density at radius 1 is 1.60 bits per heavy atom. The molecule has 0 rings (SSSR count). The zero-order valence-electron chi connectivity index (χ0n) is 6.59. The van der Waals surface area contributed by atoms with Crippen LogP contribution >= 0.6 is 12.2 Å². The molecule has 0 bridgehead atoms. The van der Waals surface area contributed by atoms with Crippen molar-refractivity contribution in [3.8, 4) is 0 Å². The van der Waals surface area contributed by atoms with E-state index in [0.29, 0.717) is 12.2 Å². The topological polar surface area (TPSA) is 17.1 Å². The predicted molar refractivity (Wildman–Crippen MR) is 47.4 cm³/mol. The van der Waals surface area contributed by atoms with Gasteiger partial charge in [-0.15, -0.1) is 0 Å². The van der Waals surface area contributed by atoms with E-state index >= 15 is 0 Å². The van der Waals surface area contributed by atoms with Crippen LogP contribution in [0.15, 0.2) is 0 Å². The lowest BCUT2D eigenvalue weighted by atomic mass is 10.0. The first-order valence-corrected chi connectivity index (χ1v) is 4.21. The first-order valence-electron chi connectivity index (χ1n) is 3.74. The minimum Gasteiger partial charge on any atom is -0.299 e. The fourth-order valence-corrected chi connectivity index (χ4v) is 1.18. The van der Waals surface area contributed by atoms with Gasteiger partial charge >= 0.3 is 0 Å². The van der Waals surface area contributed by atoms with Crippen LogP contribution < -0.4 is 0 Å². The summed E-state index contributed by atoms with van der Waals surface area (Å²) in [4.78, 5) is 11.1. The van der Waals surface area contributed by atoms with Gasteiger partial charge in [-0.1, -0.05) is 26.1 Å². The average molecular weight is 158 g/mol. The fraction of sp³-hybridized carbons (Fsp3) is 0.750. The van der Waals surface area contributed by atoms with Crippen LogP contribution in [-0.4, -0.2) is 11.2 Å². The van der Waals surface area contributed by atoms with Crippen molar-refractivity contribution < 1.29 is 4.79 Å². The van der Waals surface area contributed by atoms with Gasteiger partial charge in [0.2, 0.25) is 0 Å². The smallest absolute Gasteiger partial charge is 0.140 e. The molecule has 0 spiro atoms. The Balaban J connectivity index is 3.76. The van der Waals surface area contributed by atoms with Gasteiger partial charge in [0.05, 0.1) is 0 Å². The highest BCUT2D eigenvalue weighted by atomic mass is 32.1. The third-order valence-electron chi connectivity index (χ3n) is 1.51. The average Bonchev–Trinajstić information content (AvgIpc) is 1.91. The lowest BCUT2D eigenvalue weighted by molar-refractivity contribution is -0.120. The zero-order valence-corrected chi connectivity index (χ0v) is 7.41. The number of rotatable bonds is 5. The third kappa shape index (κ3) is 3.06. The number of thiocarbonyl (C=S) groups is 1. The monoisotopic (exact) mass is 158 g/mol. The van der Waals surface area contributed by atoms with Gasteiger partial charge in [-0.3, -0.25) is 4.79 Å². The molecule has 0 aromatic heterocycles. The van der Waals surface area contributed by atoms with E-state index in [4.69, 9.17) is 12.2 Å². The van der Waals surface area contributed by atoms with E-state index in [9.17, 15) is 4.79 Å². The molecule has 0 N–H and O–H groups in total. The molecule has 0 aliphatic carbocycles. The van der Waals surface area contributed by atoms with Crippen LogP contribution in [0.5, 0.6) is 0 Å². The summed E-state index contributed by atoms with van der Waals surface area (Å²) in [5.74, 6) is 0.315. The number of hydrogen-bond donors (Lipinski definition) is 0. The molecule has 0 fully saturated rings. The van der Waals surface area contributed by atoms with Gasteiger partial charge in [0.15, 0.2) is 0 Å². The highest BCUT2D eigenvalue weighted by Crippen LogP contribution is 2.05. The lowest BCUT2D eigenvalue weighted by Crippen LogP contribution is -2.13. The van der Waals surface area contributed by atoms with Gasteiger partial charge in [-0.25, -0.2) is 0 Å². The number of Topliss-reactive ketones (excluding diaryl/α,β-unsaturated/α-hetero) is 1. The summed E-state index contributed by atoms with van der Waals surface area (Å²) in [7, 11) is 0.